The van der Waals surface area contributed by atoms with Crippen LogP contribution in [0.4, 0.5) is 0 Å². The van der Waals surface area contributed by atoms with Crippen LogP contribution in [0.2, 0.25) is 0 Å². The minimum Gasteiger partial charge on any atom is -0.288 e. The molecule has 0 aliphatic rings. The van der Waals surface area contributed by atoms with Gasteiger partial charge in [-0.2, -0.15) is 0 Å². The van der Waals surface area contributed by atoms with Gasteiger partial charge in [-0.3, -0.25) is 4.99 Å². The van der Waals surface area contributed by atoms with Gasteiger partial charge in [-0.25, -0.2) is 0 Å². The molecule has 0 unspecified atom stereocenters. The van der Waals surface area contributed by atoms with Crippen molar-refractivity contribution < 1.29 is 0 Å². The van der Waals surface area contributed by atoms with Crippen LogP contribution in [0.25, 0.3) is 0 Å². The third kappa shape index (κ3) is 7.04. The monoisotopic (exact) mass is 367 g/mol. The minimum absolute atomic E-state index is 0.210. The molecule has 26 heavy (non-hydrogen) atoms. The van der Waals surface area contributed by atoms with E-state index in [-0.39, 0.29) is 5.41 Å². The summed E-state index contributed by atoms with van der Waals surface area (Å²) in [6.45, 7) is 14.7. The van der Waals surface area contributed by atoms with E-state index in [1.54, 1.807) is 0 Å². The van der Waals surface area contributed by atoms with E-state index in [9.17, 15) is 0 Å². The zero-order chi connectivity index (χ0) is 19.2. The first-order chi connectivity index (χ1) is 12.2. The first-order valence-electron chi connectivity index (χ1n) is 9.59. The van der Waals surface area contributed by atoms with E-state index >= 15 is 0 Å². The van der Waals surface area contributed by atoms with Gasteiger partial charge in [0, 0.05) is 19.9 Å². The van der Waals surface area contributed by atoms with Gasteiger partial charge in [0.25, 0.3) is 0 Å². The number of rotatable bonds is 6. The van der Waals surface area contributed by atoms with Crippen LogP contribution in [0.3, 0.4) is 0 Å². The summed E-state index contributed by atoms with van der Waals surface area (Å²) >= 11 is 0. The van der Waals surface area contributed by atoms with E-state index < -0.39 is 7.92 Å². The molecule has 0 spiro atoms. The Hall–Kier alpha value is -1.46. The third-order valence-electron chi connectivity index (χ3n) is 4.12. The van der Waals surface area contributed by atoms with Gasteiger partial charge < -0.3 is 0 Å². The van der Waals surface area contributed by atoms with E-state index in [0.29, 0.717) is 5.41 Å². The normalized spacial score (nSPS) is 13.3. The highest BCUT2D eigenvalue weighted by molar-refractivity contribution is 7.88. The van der Waals surface area contributed by atoms with Crippen LogP contribution in [-0.4, -0.2) is 12.0 Å². The maximum absolute atomic E-state index is 5.20. The van der Waals surface area contributed by atoms with Gasteiger partial charge in [-0.1, -0.05) is 102 Å². The Morgan fingerprint density at radius 1 is 0.731 bits per heavy atom. The number of aliphatic imine (C=N–C) groups is 1. The topological polar surface area (TPSA) is 12.4 Å². The van der Waals surface area contributed by atoms with Crippen LogP contribution in [0, 0.1) is 10.8 Å². The summed E-state index contributed by atoms with van der Waals surface area (Å²) in [4.78, 5) is 5.20. The Bertz CT molecular complexity index is 651. The van der Waals surface area contributed by atoms with Crippen molar-refractivity contribution in [1.29, 1.82) is 0 Å². The quantitative estimate of drug-likeness (QED) is 0.414. The second-order valence-corrected chi connectivity index (χ2v) is 11.6. The van der Waals surface area contributed by atoms with E-state index in [0.717, 1.165) is 19.4 Å². The highest BCUT2D eigenvalue weighted by Gasteiger charge is 2.23. The summed E-state index contributed by atoms with van der Waals surface area (Å²) in [7, 11) is -0.570. The highest BCUT2D eigenvalue weighted by atomic mass is 31.1. The first-order valence-corrected chi connectivity index (χ1v) is 10.9. The molecule has 0 aliphatic heterocycles. The summed E-state index contributed by atoms with van der Waals surface area (Å²) in [5, 5.41) is 2.80. The molecule has 0 radical (unpaired) electrons. The Labute approximate surface area is 161 Å². The van der Waals surface area contributed by atoms with Crippen molar-refractivity contribution in [2.45, 2.75) is 54.4 Å². The summed E-state index contributed by atoms with van der Waals surface area (Å²) in [5.74, 6) is 0. The summed E-state index contributed by atoms with van der Waals surface area (Å²) in [6, 6.07) is 21.9. The highest BCUT2D eigenvalue weighted by Crippen LogP contribution is 2.39. The predicted molar refractivity (Wildman–Crippen MR) is 120 cm³/mol. The van der Waals surface area contributed by atoms with Gasteiger partial charge in [0.1, 0.15) is 0 Å². The van der Waals surface area contributed by atoms with Crippen molar-refractivity contribution in [2.24, 2.45) is 15.8 Å². The number of hydrogen-bond donors (Lipinski definition) is 0. The molecule has 0 N–H and O–H groups in total. The maximum Gasteiger partial charge on any atom is 0.0443 e. The smallest absolute Gasteiger partial charge is 0.0443 e. The number of nitrogens with zero attached hydrogens (tertiary/aromatic N) is 1. The Morgan fingerprint density at radius 2 is 1.19 bits per heavy atom. The molecule has 0 fully saturated rings. The fraction of sp³-hybridized carbons (Fsp3) is 0.458. The molecule has 2 aromatic carbocycles. The van der Waals surface area contributed by atoms with Crippen molar-refractivity contribution in [3.05, 3.63) is 60.7 Å². The molecule has 1 nitrogen and oxygen atoms in total. The van der Waals surface area contributed by atoms with Crippen molar-refractivity contribution in [1.82, 2.24) is 0 Å². The van der Waals surface area contributed by atoms with E-state index in [2.05, 4.69) is 102 Å². The molecule has 2 aromatic rings. The van der Waals surface area contributed by atoms with E-state index in [1.807, 2.05) is 0 Å². The van der Waals surface area contributed by atoms with Crippen LogP contribution in [0.1, 0.15) is 54.4 Å². The lowest BCUT2D eigenvalue weighted by atomic mass is 9.91. The average Bonchev–Trinajstić information content (AvgIpc) is 2.57. The van der Waals surface area contributed by atoms with Gasteiger partial charge in [-0.05, 0) is 34.3 Å². The molecule has 0 heterocycles. The molecular formula is C24H34NP. The summed E-state index contributed by atoms with van der Waals surface area (Å²) < 4.78 is 0. The minimum atomic E-state index is -0.570. The third-order valence-corrected chi connectivity index (χ3v) is 6.63. The average molecular weight is 368 g/mol. The van der Waals surface area contributed by atoms with Gasteiger partial charge >= 0.3 is 0 Å². The molecule has 2 heteroatoms. The Kier molecular flexibility index (Phi) is 7.18. The summed E-state index contributed by atoms with van der Waals surface area (Å²) in [5.41, 5.74) is 1.90. The standard InChI is InChI=1S/C24H34NP/c1-23(2,3)18-17-22(25-19-24(4,5)6)26(20-13-9-7-10-14-20)21-15-11-8-12-16-21/h7-16H,17-19H2,1-6H3. The van der Waals surface area contributed by atoms with Gasteiger partial charge in [-0.15, -0.1) is 0 Å². The van der Waals surface area contributed by atoms with Crippen LogP contribution in [0.15, 0.2) is 65.7 Å². The Balaban J connectivity index is 2.46. The molecule has 0 atom stereocenters. The van der Waals surface area contributed by atoms with Gasteiger partial charge in [0.15, 0.2) is 0 Å². The van der Waals surface area contributed by atoms with Crippen LogP contribution in [-0.2, 0) is 0 Å². The molecular weight excluding hydrogens is 333 g/mol. The number of benzene rings is 2. The lowest BCUT2D eigenvalue weighted by Gasteiger charge is -2.26. The van der Waals surface area contributed by atoms with Crippen LogP contribution >= 0.6 is 7.92 Å². The molecule has 0 aliphatic carbocycles. The van der Waals surface area contributed by atoms with Crippen LogP contribution < -0.4 is 10.6 Å². The second kappa shape index (κ2) is 8.96. The zero-order valence-electron chi connectivity index (χ0n) is 17.3. The van der Waals surface area contributed by atoms with Crippen molar-refractivity contribution in [3.63, 3.8) is 0 Å². The SMILES string of the molecule is CC(C)(C)CCC(=NCC(C)(C)C)P(c1ccccc1)c1ccccc1. The number of hydrogen-bond acceptors (Lipinski definition) is 1. The van der Waals surface area contributed by atoms with Crippen molar-refractivity contribution >= 4 is 24.0 Å². The lowest BCUT2D eigenvalue weighted by molar-refractivity contribution is 0.386. The summed E-state index contributed by atoms with van der Waals surface area (Å²) in [6.07, 6.45) is 2.23. The molecule has 0 bridgehead atoms. The predicted octanol–water partition coefficient (Wildman–Crippen LogP) is 6.39. The molecule has 0 amide bonds. The van der Waals surface area contributed by atoms with Gasteiger partial charge in [0.05, 0.1) is 0 Å². The molecule has 0 saturated carbocycles. The van der Waals surface area contributed by atoms with Gasteiger partial charge in [0.2, 0.25) is 0 Å². The largest absolute Gasteiger partial charge is 0.288 e. The second-order valence-electron chi connectivity index (χ2n) is 9.36. The maximum atomic E-state index is 5.20. The molecule has 140 valence electrons. The van der Waals surface area contributed by atoms with Crippen molar-refractivity contribution in [3.8, 4) is 0 Å². The van der Waals surface area contributed by atoms with Crippen molar-refractivity contribution in [2.75, 3.05) is 6.54 Å². The van der Waals surface area contributed by atoms with Crippen LogP contribution in [0.5, 0.6) is 0 Å². The molecule has 0 saturated heterocycles. The zero-order valence-corrected chi connectivity index (χ0v) is 18.2. The molecule has 2 rings (SSSR count). The molecule has 0 aromatic heterocycles. The fourth-order valence-corrected chi connectivity index (χ4v) is 5.06. The first kappa shape index (κ1) is 20.8. The van der Waals surface area contributed by atoms with E-state index in [1.165, 1.54) is 16.1 Å². The van der Waals surface area contributed by atoms with E-state index in [4.69, 9.17) is 4.99 Å². The lowest BCUT2D eigenvalue weighted by Crippen LogP contribution is -2.21. The fourth-order valence-electron chi connectivity index (χ4n) is 2.68. The Morgan fingerprint density at radius 3 is 1.58 bits per heavy atom.